The van der Waals surface area contributed by atoms with Gasteiger partial charge in [0.05, 0.1) is 38.8 Å². The van der Waals surface area contributed by atoms with Gasteiger partial charge in [-0.25, -0.2) is 12.6 Å². The minimum absolute atomic E-state index is 0.0122. The van der Waals surface area contributed by atoms with Gasteiger partial charge in [-0.15, -0.1) is 0 Å². The number of aromatic nitrogens is 1. The summed E-state index contributed by atoms with van der Waals surface area (Å²) in [5.74, 6) is 0. The van der Waals surface area contributed by atoms with E-state index in [1.54, 1.807) is 23.1 Å². The molecule has 1 aliphatic heterocycles. The number of hydrogen-bond acceptors (Lipinski definition) is 9. The molecule has 1 N–H and O–H groups in total. The lowest BCUT2D eigenvalue weighted by molar-refractivity contribution is -0.669. The van der Waals surface area contributed by atoms with Crippen LogP contribution in [0.15, 0.2) is 107 Å². The summed E-state index contributed by atoms with van der Waals surface area (Å²) in [7, 11) is -7.94. The maximum Gasteiger partial charge on any atom is 0.265 e. The van der Waals surface area contributed by atoms with Crippen LogP contribution in [-0.4, -0.2) is 70.0 Å². The molecule has 0 bridgehead atoms. The Bertz CT molecular complexity index is 2280. The molecule has 0 radical (unpaired) electrons. The summed E-state index contributed by atoms with van der Waals surface area (Å²) in [5, 5.41) is 1.89. The maximum absolute atomic E-state index is 12.2. The lowest BCUT2D eigenvalue weighted by atomic mass is 10.0. The zero-order chi connectivity index (χ0) is 38.9. The van der Waals surface area contributed by atoms with E-state index in [1.165, 1.54) is 33.5 Å². The van der Waals surface area contributed by atoms with Gasteiger partial charge in [0, 0.05) is 29.3 Å². The molecule has 0 saturated heterocycles. The molecule has 0 spiro atoms. The first-order chi connectivity index (χ1) is 25.9. The fraction of sp³-hybridized carbons (Fsp3) is 0.317. The molecule has 2 unspecified atom stereocenters. The topological polar surface area (TPSA) is 114 Å². The van der Waals surface area contributed by atoms with Crippen LogP contribution in [0.1, 0.15) is 46.0 Å². The molecule has 0 fully saturated rings. The van der Waals surface area contributed by atoms with Gasteiger partial charge in [0.2, 0.25) is 5.52 Å². The Hall–Kier alpha value is -3.53. The zero-order valence-corrected chi connectivity index (χ0v) is 34.6. The Kier molecular flexibility index (Phi) is 14.6. The lowest BCUT2D eigenvalue weighted by Crippen LogP contribution is -2.38. The summed E-state index contributed by atoms with van der Waals surface area (Å²) < 4.78 is 66.1. The van der Waals surface area contributed by atoms with Crippen LogP contribution in [0.3, 0.4) is 0 Å². The molecular formula is C41H49N3O6S4. The standard InChI is InChI=1S/C35H34N2O6S4.C6H15N/c1-3-46(38,39)43-21-20-37-31-23-29(27-12-8-5-9-13-27)15-17-33(31)45-35(37)24-34-36(19-18-25(2)47(40,41)42)30-22-28(14-16-32(30)44-34)26-10-6-4-7-11-26;1-4-7(5-2)6-3/h3-17,22-25H,18-21H2,1-2H3,(H-,38,39,40,41,42);4-6H2,1-3H3. The highest BCUT2D eigenvalue weighted by Gasteiger charge is 2.29. The Labute approximate surface area is 329 Å². The van der Waals surface area contributed by atoms with Crippen molar-refractivity contribution in [3.05, 3.63) is 107 Å². The molecule has 6 rings (SSSR count). The molecule has 288 valence electrons. The number of fused-ring (bicyclic) bond motifs is 2. The predicted octanol–water partition coefficient (Wildman–Crippen LogP) is 8.62. The second-order valence-corrected chi connectivity index (χ2v) is 18.4. The molecule has 0 aliphatic carbocycles. The monoisotopic (exact) mass is 807 g/mol. The number of nitrogens with zero attached hydrogens (tertiary/aromatic N) is 3. The Morgan fingerprint density at radius 2 is 1.46 bits per heavy atom. The summed E-state index contributed by atoms with van der Waals surface area (Å²) in [6.07, 6.45) is 2.23. The van der Waals surface area contributed by atoms with Crippen molar-refractivity contribution in [3.63, 3.8) is 0 Å². The number of thiazole rings is 1. The number of anilines is 1. The molecule has 54 heavy (non-hydrogen) atoms. The summed E-state index contributed by atoms with van der Waals surface area (Å²) in [5.41, 5.74) is 6.12. The van der Waals surface area contributed by atoms with E-state index in [-0.39, 0.29) is 13.0 Å². The molecule has 4 aromatic carbocycles. The van der Waals surface area contributed by atoms with Crippen LogP contribution in [0.4, 0.5) is 5.69 Å². The third-order valence-corrected chi connectivity index (χ3v) is 13.9. The third-order valence-electron chi connectivity index (χ3n) is 9.38. The fourth-order valence-electron chi connectivity index (χ4n) is 6.05. The van der Waals surface area contributed by atoms with Crippen molar-refractivity contribution < 1.29 is 30.5 Å². The van der Waals surface area contributed by atoms with Gasteiger partial charge >= 0.3 is 0 Å². The highest BCUT2D eigenvalue weighted by molar-refractivity contribution is 8.04. The average molecular weight is 808 g/mol. The second kappa shape index (κ2) is 18.9. The zero-order valence-electron chi connectivity index (χ0n) is 31.4. The molecule has 9 nitrogen and oxygen atoms in total. The SMILES string of the molecule is CC=S(=O)(O)OCCN1C(=Cc2sc3ccc(-c4ccccc4)cc3[n+]2CCC(C)S(=O)(=O)[O-])Sc2ccc(-c3ccccc3)cc21.CCN(CC)CC. The van der Waals surface area contributed by atoms with E-state index < -0.39 is 25.5 Å². The average Bonchev–Trinajstić information content (AvgIpc) is 3.70. The van der Waals surface area contributed by atoms with Gasteiger partial charge in [0.1, 0.15) is 4.70 Å². The molecule has 5 aromatic rings. The number of rotatable bonds is 14. The quantitative estimate of drug-likeness (QED) is 0.0670. The lowest BCUT2D eigenvalue weighted by Gasteiger charge is -2.21. The van der Waals surface area contributed by atoms with Crippen LogP contribution in [0.25, 0.3) is 38.5 Å². The summed E-state index contributed by atoms with van der Waals surface area (Å²) in [6, 6.07) is 32.6. The van der Waals surface area contributed by atoms with E-state index >= 15 is 0 Å². The maximum atomic E-state index is 12.2. The van der Waals surface area contributed by atoms with Crippen molar-refractivity contribution in [1.29, 1.82) is 0 Å². The van der Waals surface area contributed by atoms with Gasteiger partial charge < -0.3 is 14.4 Å². The second-order valence-electron chi connectivity index (χ2n) is 12.7. The third kappa shape index (κ3) is 10.6. The van der Waals surface area contributed by atoms with Crippen molar-refractivity contribution in [2.75, 3.05) is 37.7 Å². The Morgan fingerprint density at radius 3 is 2.02 bits per heavy atom. The molecule has 2 heterocycles. The molecular weight excluding hydrogens is 759 g/mol. The highest BCUT2D eigenvalue weighted by Crippen LogP contribution is 2.48. The smallest absolute Gasteiger partial charge is 0.265 e. The van der Waals surface area contributed by atoms with Crippen LogP contribution in [0.2, 0.25) is 0 Å². The van der Waals surface area contributed by atoms with Crippen molar-refractivity contribution >= 4 is 70.6 Å². The number of hydrogen-bond donors (Lipinski definition) is 1. The first-order valence-electron chi connectivity index (χ1n) is 18.1. The van der Waals surface area contributed by atoms with Gasteiger partial charge in [-0.2, -0.15) is 4.57 Å². The van der Waals surface area contributed by atoms with Crippen LogP contribution < -0.4 is 9.47 Å². The largest absolute Gasteiger partial charge is 0.748 e. The molecule has 0 amide bonds. The minimum atomic E-state index is -4.44. The van der Waals surface area contributed by atoms with Gasteiger partial charge in [0.25, 0.3) is 5.01 Å². The molecule has 0 saturated carbocycles. The summed E-state index contributed by atoms with van der Waals surface area (Å²) in [6.45, 7) is 13.7. The van der Waals surface area contributed by atoms with E-state index in [1.807, 2.05) is 48.5 Å². The van der Waals surface area contributed by atoms with E-state index in [2.05, 4.69) is 89.7 Å². The van der Waals surface area contributed by atoms with E-state index in [0.29, 0.717) is 13.1 Å². The summed E-state index contributed by atoms with van der Waals surface area (Å²) >= 11 is 3.17. The predicted molar refractivity (Wildman–Crippen MR) is 226 cm³/mol. The fourth-order valence-corrected chi connectivity index (χ4v) is 9.18. The molecule has 1 aromatic heterocycles. The van der Waals surface area contributed by atoms with Gasteiger partial charge in [-0.1, -0.05) is 117 Å². The van der Waals surface area contributed by atoms with Crippen LogP contribution >= 0.6 is 23.1 Å². The number of thioether (sulfide) groups is 1. The molecule has 1 aliphatic rings. The van der Waals surface area contributed by atoms with Crippen molar-refractivity contribution in [2.45, 2.75) is 57.7 Å². The van der Waals surface area contributed by atoms with Crippen molar-refractivity contribution in [1.82, 2.24) is 4.90 Å². The van der Waals surface area contributed by atoms with Crippen LogP contribution in [0.5, 0.6) is 0 Å². The number of aryl methyl sites for hydroxylation is 1. The van der Waals surface area contributed by atoms with Gasteiger partial charge in [-0.3, -0.25) is 8.74 Å². The van der Waals surface area contributed by atoms with Gasteiger partial charge in [0.15, 0.2) is 16.6 Å². The minimum Gasteiger partial charge on any atom is -0.748 e. The number of benzene rings is 4. The summed E-state index contributed by atoms with van der Waals surface area (Å²) in [4.78, 5) is 5.50. The van der Waals surface area contributed by atoms with Gasteiger partial charge in [-0.05, 0) is 73.9 Å². The molecule has 2 atom stereocenters. The highest BCUT2D eigenvalue weighted by atomic mass is 32.2. The van der Waals surface area contributed by atoms with Crippen LogP contribution in [0, 0.1) is 0 Å². The van der Waals surface area contributed by atoms with Crippen LogP contribution in [-0.2, 0) is 30.9 Å². The molecule has 13 heteroatoms. The van der Waals surface area contributed by atoms with E-state index in [9.17, 15) is 21.7 Å². The normalized spacial score (nSPS) is 15.2. The van der Waals surface area contributed by atoms with E-state index in [4.69, 9.17) is 4.18 Å². The van der Waals surface area contributed by atoms with Crippen molar-refractivity contribution in [2.24, 2.45) is 0 Å². The first-order valence-corrected chi connectivity index (χ1v) is 22.7. The Morgan fingerprint density at radius 1 is 0.870 bits per heavy atom. The van der Waals surface area contributed by atoms with Crippen molar-refractivity contribution in [3.8, 4) is 22.3 Å². The van der Waals surface area contributed by atoms with E-state index in [0.717, 1.165) is 58.5 Å². The first kappa shape index (κ1) is 41.6. The Balaban J connectivity index is 0.000000730.